The highest BCUT2D eigenvalue weighted by Gasteiger charge is 2.61. The molecular formula is C53H56N4. The molecule has 57 heavy (non-hydrogen) atoms. The minimum absolute atomic E-state index is 0.0927. The molecule has 0 aliphatic carbocycles. The molecule has 0 saturated carbocycles. The summed E-state index contributed by atoms with van der Waals surface area (Å²) in [6.45, 7) is 16.0. The van der Waals surface area contributed by atoms with Gasteiger partial charge in [-0.1, -0.05) is 177 Å². The molecule has 0 saturated heterocycles. The van der Waals surface area contributed by atoms with E-state index in [1.54, 1.807) is 0 Å². The zero-order valence-corrected chi connectivity index (χ0v) is 34.8. The first kappa shape index (κ1) is 37.9. The van der Waals surface area contributed by atoms with Gasteiger partial charge in [-0.3, -0.25) is 18.3 Å². The van der Waals surface area contributed by atoms with Crippen LogP contribution in [-0.4, -0.2) is 18.3 Å². The molecule has 288 valence electrons. The van der Waals surface area contributed by atoms with E-state index in [1.165, 1.54) is 67.8 Å². The molecule has 4 nitrogen and oxygen atoms in total. The average Bonchev–Trinajstić information content (AvgIpc) is 4.14. The second kappa shape index (κ2) is 15.5. The highest BCUT2D eigenvalue weighted by atomic mass is 15.6. The number of nitrogens with zero attached hydrogens (tertiary/aromatic N) is 4. The molecule has 4 aromatic carbocycles. The van der Waals surface area contributed by atoms with Crippen LogP contribution >= 0.6 is 0 Å². The van der Waals surface area contributed by atoms with Gasteiger partial charge in [0, 0.05) is 45.6 Å². The highest BCUT2D eigenvalue weighted by Crippen LogP contribution is 2.60. The predicted octanol–water partition coefficient (Wildman–Crippen LogP) is 13.2. The monoisotopic (exact) mass is 748 g/mol. The molecule has 4 aromatic heterocycles. The van der Waals surface area contributed by atoms with E-state index in [2.05, 4.69) is 188 Å². The molecule has 4 aliphatic rings. The third kappa shape index (κ3) is 5.12. The molecule has 12 rings (SSSR count). The molecule has 4 heteroatoms. The normalized spacial score (nSPS) is 20.4. The van der Waals surface area contributed by atoms with Crippen LogP contribution in [0.3, 0.4) is 0 Å². The summed E-state index contributed by atoms with van der Waals surface area (Å²) >= 11 is 0. The third-order valence-corrected chi connectivity index (χ3v) is 11.9. The van der Waals surface area contributed by atoms with Crippen molar-refractivity contribution in [2.45, 2.75) is 85.0 Å². The average molecular weight is 749 g/mol. The van der Waals surface area contributed by atoms with Crippen LogP contribution in [0.2, 0.25) is 0 Å². The fourth-order valence-corrected chi connectivity index (χ4v) is 10.2. The molecule has 8 aromatic rings. The van der Waals surface area contributed by atoms with Gasteiger partial charge in [0.1, 0.15) is 0 Å². The van der Waals surface area contributed by atoms with Crippen LogP contribution in [0.1, 0.15) is 147 Å². The van der Waals surface area contributed by atoms with E-state index in [1.807, 2.05) is 55.4 Å². The second-order valence-corrected chi connectivity index (χ2v) is 14.0. The largest absolute Gasteiger partial charge is 0.293 e. The second-order valence-electron chi connectivity index (χ2n) is 14.0. The van der Waals surface area contributed by atoms with Crippen molar-refractivity contribution >= 4 is 0 Å². The van der Waals surface area contributed by atoms with Gasteiger partial charge in [-0.25, -0.2) is 0 Å². The van der Waals surface area contributed by atoms with Crippen LogP contribution < -0.4 is 0 Å². The Balaban J connectivity index is 0.000000539. The summed E-state index contributed by atoms with van der Waals surface area (Å²) in [5, 5.41) is 0. The number of benzene rings is 4. The first-order valence-corrected chi connectivity index (χ1v) is 21.4. The van der Waals surface area contributed by atoms with Gasteiger partial charge in [0.25, 0.3) is 5.91 Å². The fourth-order valence-electron chi connectivity index (χ4n) is 10.2. The predicted molar refractivity (Wildman–Crippen MR) is 237 cm³/mol. The first-order valence-electron chi connectivity index (χ1n) is 21.4. The summed E-state index contributed by atoms with van der Waals surface area (Å²) in [6, 6.07) is 63.9. The van der Waals surface area contributed by atoms with Crippen molar-refractivity contribution in [3.05, 3.63) is 238 Å². The van der Waals surface area contributed by atoms with E-state index in [0.29, 0.717) is 0 Å². The summed E-state index contributed by atoms with van der Waals surface area (Å²) in [5.74, 6) is -0.298. The Morgan fingerprint density at radius 3 is 0.561 bits per heavy atom. The van der Waals surface area contributed by atoms with Crippen molar-refractivity contribution in [2.75, 3.05) is 0 Å². The summed E-state index contributed by atoms with van der Waals surface area (Å²) in [5.41, 5.74) is 16.0. The third-order valence-electron chi connectivity index (χ3n) is 11.9. The minimum atomic E-state index is -0.669. The zero-order valence-electron chi connectivity index (χ0n) is 34.8. The Hall–Kier alpha value is -6.00. The fraction of sp³-hybridized carbons (Fsp3) is 0.245. The van der Waals surface area contributed by atoms with Crippen LogP contribution in [0.25, 0.3) is 0 Å². The lowest BCUT2D eigenvalue weighted by Crippen LogP contribution is -2.65. The summed E-state index contributed by atoms with van der Waals surface area (Å²) in [6.07, 6.45) is 0. The maximum atomic E-state index is 2.74. The molecule has 0 atom stereocenters. The Labute approximate surface area is 339 Å². The van der Waals surface area contributed by atoms with Crippen LogP contribution in [0, 0.1) is 0 Å². The van der Waals surface area contributed by atoms with Gasteiger partial charge in [0.05, 0.1) is 23.7 Å². The standard InChI is InChI=1S/C45H32N4.4C2H6/c1-5-13-29(14-6-1)41-33-21-23-35-42(30-15-7-2-8-16-30)37-25-27-39-44(32-19-11-4-12-20-32)40-28-26-38-43(31-17-9-3-10-18-31)36-24-22-34(41)47(36)45(46(33)35,48(37)39)49(38)40;4*1-2/h1-28,41-44H;4*1-2H3. The van der Waals surface area contributed by atoms with E-state index >= 15 is 0 Å². The quantitative estimate of drug-likeness (QED) is 0.171. The van der Waals surface area contributed by atoms with Gasteiger partial charge >= 0.3 is 0 Å². The smallest absolute Gasteiger partial charge is 0.287 e. The van der Waals surface area contributed by atoms with Gasteiger partial charge in [-0.05, 0) is 70.8 Å². The van der Waals surface area contributed by atoms with Crippen molar-refractivity contribution in [1.29, 1.82) is 0 Å². The van der Waals surface area contributed by atoms with Crippen molar-refractivity contribution in [3.63, 3.8) is 0 Å². The molecule has 1 spiro atoms. The molecule has 0 fully saturated rings. The van der Waals surface area contributed by atoms with Crippen LogP contribution in [-0.2, 0) is 5.91 Å². The summed E-state index contributed by atoms with van der Waals surface area (Å²) < 4.78 is 11.0. The van der Waals surface area contributed by atoms with E-state index in [9.17, 15) is 0 Å². The van der Waals surface area contributed by atoms with Crippen LogP contribution in [0.15, 0.2) is 170 Å². The number of aromatic nitrogens is 4. The van der Waals surface area contributed by atoms with Crippen molar-refractivity contribution in [2.24, 2.45) is 0 Å². The Kier molecular flexibility index (Phi) is 10.3. The minimum Gasteiger partial charge on any atom is -0.287 e. The molecule has 0 amide bonds. The van der Waals surface area contributed by atoms with Crippen molar-refractivity contribution in [1.82, 2.24) is 18.3 Å². The maximum Gasteiger partial charge on any atom is 0.293 e. The van der Waals surface area contributed by atoms with Crippen molar-refractivity contribution in [3.8, 4) is 0 Å². The topological polar surface area (TPSA) is 19.7 Å². The molecule has 0 bridgehead atoms. The number of rotatable bonds is 4. The lowest BCUT2D eigenvalue weighted by molar-refractivity contribution is 0.0569. The SMILES string of the molecule is CC.CC.CC.CC.c1ccc(C2c3ccc4n3C35n6c2ccc6C(c2ccccc2)c2ccc(n23)C(c2ccccc2)c2ccc(n25)C4c2ccccc2)cc1. The Bertz CT molecular complexity index is 2110. The summed E-state index contributed by atoms with van der Waals surface area (Å²) in [4.78, 5) is 0. The molecule has 4 aliphatic heterocycles. The first-order chi connectivity index (χ1) is 28.4. The van der Waals surface area contributed by atoms with Gasteiger partial charge in [-0.2, -0.15) is 0 Å². The van der Waals surface area contributed by atoms with Crippen LogP contribution in [0.4, 0.5) is 0 Å². The van der Waals surface area contributed by atoms with Crippen LogP contribution in [0.5, 0.6) is 0 Å². The van der Waals surface area contributed by atoms with Gasteiger partial charge in [0.2, 0.25) is 0 Å². The Morgan fingerprint density at radius 2 is 0.404 bits per heavy atom. The van der Waals surface area contributed by atoms with E-state index < -0.39 is 5.91 Å². The Morgan fingerprint density at radius 1 is 0.246 bits per heavy atom. The molecular weight excluding hydrogens is 693 g/mol. The molecule has 8 heterocycles. The highest BCUT2D eigenvalue weighted by molar-refractivity contribution is 5.59. The van der Waals surface area contributed by atoms with E-state index in [-0.39, 0.29) is 23.7 Å². The molecule has 0 radical (unpaired) electrons. The van der Waals surface area contributed by atoms with Gasteiger partial charge in [0.15, 0.2) is 0 Å². The molecule has 0 N–H and O–H groups in total. The van der Waals surface area contributed by atoms with Gasteiger partial charge in [-0.15, -0.1) is 0 Å². The van der Waals surface area contributed by atoms with E-state index in [0.717, 1.165) is 0 Å². The number of hydrogen-bond donors (Lipinski definition) is 0. The van der Waals surface area contributed by atoms with Crippen molar-refractivity contribution < 1.29 is 0 Å². The summed E-state index contributed by atoms with van der Waals surface area (Å²) in [7, 11) is 0. The van der Waals surface area contributed by atoms with E-state index in [4.69, 9.17) is 0 Å². The molecule has 0 unspecified atom stereocenters. The zero-order chi connectivity index (χ0) is 39.8. The van der Waals surface area contributed by atoms with Gasteiger partial charge < -0.3 is 0 Å². The lowest BCUT2D eigenvalue weighted by Gasteiger charge is -2.58. The maximum absolute atomic E-state index is 2.74. The number of hydrogen-bond acceptors (Lipinski definition) is 0. The lowest BCUT2D eigenvalue weighted by atomic mass is 9.84.